The van der Waals surface area contributed by atoms with Crippen molar-refractivity contribution in [3.05, 3.63) is 0 Å². The van der Waals surface area contributed by atoms with Gasteiger partial charge in [0, 0.05) is 5.60 Å². The lowest BCUT2D eigenvalue weighted by Gasteiger charge is -2.21. The third kappa shape index (κ3) is 6.53. The molecular formula is C5H14OSSi. The first-order valence-electron chi connectivity index (χ1n) is 2.78. The summed E-state index contributed by atoms with van der Waals surface area (Å²) >= 11 is 4.21. The van der Waals surface area contributed by atoms with E-state index in [2.05, 4.69) is 12.1 Å². The molecule has 0 saturated heterocycles. The smallest absolute Gasteiger partial charge is 0.232 e. The molecule has 0 amide bonds. The monoisotopic (exact) mass is 150 g/mol. The van der Waals surface area contributed by atoms with Crippen LogP contribution in [-0.2, 0) is 4.43 Å². The molecule has 0 aliphatic rings. The molecular weight excluding hydrogens is 136 g/mol. The van der Waals surface area contributed by atoms with Crippen LogP contribution in [-0.4, -0.2) is 13.8 Å². The van der Waals surface area contributed by atoms with Gasteiger partial charge in [-0.15, -0.1) is 0 Å². The van der Waals surface area contributed by atoms with Crippen LogP contribution in [0, 0.1) is 0 Å². The Kier molecular flexibility index (Phi) is 3.08. The lowest BCUT2D eigenvalue weighted by atomic mass is 10.2. The Hall–Kier alpha value is 0.527. The van der Waals surface area contributed by atoms with Crippen molar-refractivity contribution >= 4 is 20.3 Å². The van der Waals surface area contributed by atoms with Crippen molar-refractivity contribution in [2.45, 2.75) is 32.9 Å². The fourth-order valence-electron chi connectivity index (χ4n) is 0.512. The summed E-state index contributed by atoms with van der Waals surface area (Å²) in [4.78, 5) is 0. The Morgan fingerprint density at radius 3 is 1.75 bits per heavy atom. The van der Waals surface area contributed by atoms with Crippen molar-refractivity contribution in [3.8, 4) is 0 Å². The Balaban J connectivity index is 3.39. The quantitative estimate of drug-likeness (QED) is 0.441. The summed E-state index contributed by atoms with van der Waals surface area (Å²) in [6.45, 7) is 8.19. The highest BCUT2D eigenvalue weighted by Crippen LogP contribution is 2.09. The zero-order valence-electron chi connectivity index (χ0n) is 5.93. The second-order valence-corrected chi connectivity index (χ2v) is 6.45. The molecule has 1 atom stereocenters. The molecule has 0 rings (SSSR count). The highest BCUT2D eigenvalue weighted by atomic mass is 32.3. The van der Waals surface area contributed by atoms with Crippen molar-refractivity contribution in [2.24, 2.45) is 0 Å². The van der Waals surface area contributed by atoms with Gasteiger partial charge in [-0.3, -0.25) is 0 Å². The minimum Gasteiger partial charge on any atom is -0.406 e. The fraction of sp³-hybridized carbons (Fsp3) is 1.00. The molecule has 0 radical (unpaired) electrons. The SMILES string of the molecule is C[SiH](S)OC(C)(C)C. The normalized spacial score (nSPS) is 16.1. The third-order valence-corrected chi connectivity index (χ3v) is 1.89. The van der Waals surface area contributed by atoms with Gasteiger partial charge in [0.1, 0.15) is 0 Å². The van der Waals surface area contributed by atoms with Gasteiger partial charge in [-0.2, -0.15) is 12.1 Å². The highest BCUT2D eigenvalue weighted by Gasteiger charge is 2.12. The predicted molar refractivity (Wildman–Crippen MR) is 42.8 cm³/mol. The van der Waals surface area contributed by atoms with E-state index in [1.54, 1.807) is 0 Å². The first-order chi connectivity index (χ1) is 3.42. The molecule has 0 fully saturated rings. The van der Waals surface area contributed by atoms with Crippen molar-refractivity contribution in [3.63, 3.8) is 0 Å². The lowest BCUT2D eigenvalue weighted by Crippen LogP contribution is -2.24. The molecule has 3 heteroatoms. The molecule has 0 aromatic heterocycles. The van der Waals surface area contributed by atoms with Gasteiger partial charge in [-0.05, 0) is 27.3 Å². The van der Waals surface area contributed by atoms with E-state index in [9.17, 15) is 0 Å². The molecule has 50 valence electrons. The van der Waals surface area contributed by atoms with Crippen LogP contribution in [0.5, 0.6) is 0 Å². The summed E-state index contributed by atoms with van der Waals surface area (Å²) in [5, 5.41) is 0. The van der Waals surface area contributed by atoms with Crippen molar-refractivity contribution in [1.29, 1.82) is 0 Å². The number of hydrogen-bond acceptors (Lipinski definition) is 2. The third-order valence-electron chi connectivity index (χ3n) is 0.524. The lowest BCUT2D eigenvalue weighted by molar-refractivity contribution is 0.137. The number of hydrogen-bond donors (Lipinski definition) is 1. The van der Waals surface area contributed by atoms with Gasteiger partial charge in [0.05, 0.1) is 0 Å². The summed E-state index contributed by atoms with van der Waals surface area (Å²) in [5.74, 6) is 0. The summed E-state index contributed by atoms with van der Waals surface area (Å²) in [6, 6.07) is 0. The second-order valence-electron chi connectivity index (χ2n) is 2.83. The first kappa shape index (κ1) is 8.53. The van der Waals surface area contributed by atoms with E-state index in [0.29, 0.717) is 0 Å². The predicted octanol–water partition coefficient (Wildman–Crippen LogP) is 1.58. The maximum Gasteiger partial charge on any atom is 0.232 e. The van der Waals surface area contributed by atoms with E-state index in [4.69, 9.17) is 4.43 Å². The van der Waals surface area contributed by atoms with Gasteiger partial charge in [0.2, 0.25) is 8.19 Å². The van der Waals surface area contributed by atoms with Crippen LogP contribution in [0.2, 0.25) is 6.55 Å². The Bertz CT molecular complexity index is 67.3. The maximum atomic E-state index is 5.44. The standard InChI is InChI=1S/C5H14OSSi/c1-5(2,3)6-8(4)7/h7-8H,1-4H3. The number of rotatable bonds is 1. The minimum atomic E-state index is -1.10. The van der Waals surface area contributed by atoms with E-state index in [1.165, 1.54) is 0 Å². The van der Waals surface area contributed by atoms with Crippen LogP contribution in [0.25, 0.3) is 0 Å². The average molecular weight is 150 g/mol. The van der Waals surface area contributed by atoms with Crippen LogP contribution < -0.4 is 0 Å². The number of thiol groups is 1. The Morgan fingerprint density at radius 1 is 1.38 bits per heavy atom. The van der Waals surface area contributed by atoms with Gasteiger partial charge in [0.25, 0.3) is 0 Å². The molecule has 0 aliphatic carbocycles. The Morgan fingerprint density at radius 2 is 1.75 bits per heavy atom. The van der Waals surface area contributed by atoms with Crippen molar-refractivity contribution < 1.29 is 4.43 Å². The van der Waals surface area contributed by atoms with Gasteiger partial charge in [0.15, 0.2) is 0 Å². The minimum absolute atomic E-state index is 0.00733. The van der Waals surface area contributed by atoms with Crippen LogP contribution in [0.1, 0.15) is 20.8 Å². The maximum absolute atomic E-state index is 5.44. The molecule has 1 nitrogen and oxygen atoms in total. The molecule has 0 heterocycles. The van der Waals surface area contributed by atoms with Gasteiger partial charge >= 0.3 is 0 Å². The largest absolute Gasteiger partial charge is 0.406 e. The second kappa shape index (κ2) is 2.89. The Labute approximate surface area is 58.2 Å². The summed E-state index contributed by atoms with van der Waals surface area (Å²) in [7, 11) is -1.10. The molecule has 0 bridgehead atoms. The summed E-state index contributed by atoms with van der Waals surface area (Å²) < 4.78 is 5.44. The van der Waals surface area contributed by atoms with Crippen LogP contribution in [0.4, 0.5) is 0 Å². The average Bonchev–Trinajstić information content (AvgIpc) is 1.21. The van der Waals surface area contributed by atoms with Gasteiger partial charge < -0.3 is 4.43 Å². The molecule has 0 aliphatic heterocycles. The summed E-state index contributed by atoms with van der Waals surface area (Å²) in [5.41, 5.74) is 0.00733. The fourth-order valence-corrected chi connectivity index (χ4v) is 2.48. The highest BCUT2D eigenvalue weighted by molar-refractivity contribution is 8.09. The zero-order valence-corrected chi connectivity index (χ0v) is 7.98. The van der Waals surface area contributed by atoms with E-state index in [0.717, 1.165) is 0 Å². The summed E-state index contributed by atoms with van der Waals surface area (Å²) in [6.07, 6.45) is 0. The first-order valence-corrected chi connectivity index (χ1v) is 6.47. The van der Waals surface area contributed by atoms with Crippen LogP contribution >= 0.6 is 12.1 Å². The topological polar surface area (TPSA) is 9.23 Å². The van der Waals surface area contributed by atoms with E-state index < -0.39 is 8.19 Å². The van der Waals surface area contributed by atoms with Gasteiger partial charge in [-0.25, -0.2) is 0 Å². The van der Waals surface area contributed by atoms with Crippen molar-refractivity contribution in [2.75, 3.05) is 0 Å². The van der Waals surface area contributed by atoms with Crippen LogP contribution in [0.15, 0.2) is 0 Å². The molecule has 1 unspecified atom stereocenters. The van der Waals surface area contributed by atoms with E-state index in [-0.39, 0.29) is 5.60 Å². The zero-order chi connectivity index (χ0) is 6.78. The molecule has 0 saturated carbocycles. The molecule has 8 heavy (non-hydrogen) atoms. The molecule has 0 N–H and O–H groups in total. The molecule has 0 aromatic rings. The van der Waals surface area contributed by atoms with Crippen molar-refractivity contribution in [1.82, 2.24) is 0 Å². The van der Waals surface area contributed by atoms with E-state index >= 15 is 0 Å². The van der Waals surface area contributed by atoms with Gasteiger partial charge in [-0.1, -0.05) is 0 Å². The van der Waals surface area contributed by atoms with E-state index in [1.807, 2.05) is 27.3 Å². The van der Waals surface area contributed by atoms with Crippen LogP contribution in [0.3, 0.4) is 0 Å². The molecule has 0 spiro atoms. The molecule has 0 aromatic carbocycles.